The average molecular weight is 307 g/mol. The maximum absolute atomic E-state index is 11.9. The molecular formula is C15H15ClN2O3. The van der Waals surface area contributed by atoms with Gasteiger partial charge in [-0.3, -0.25) is 0 Å². The number of urea groups is 1. The summed E-state index contributed by atoms with van der Waals surface area (Å²) in [5.74, 6) is 1.28. The summed E-state index contributed by atoms with van der Waals surface area (Å²) in [5.41, 5.74) is 1.24. The van der Waals surface area contributed by atoms with Crippen molar-refractivity contribution in [1.29, 1.82) is 0 Å². The van der Waals surface area contributed by atoms with Crippen LogP contribution in [0.15, 0.2) is 42.5 Å². The molecule has 0 atom stereocenters. The number of carbonyl (C=O) groups is 1. The van der Waals surface area contributed by atoms with E-state index in [0.29, 0.717) is 22.1 Å². The van der Waals surface area contributed by atoms with Gasteiger partial charge in [-0.25, -0.2) is 4.79 Å². The van der Waals surface area contributed by atoms with Gasteiger partial charge in [-0.2, -0.15) is 0 Å². The first-order valence-electron chi connectivity index (χ1n) is 6.18. The first-order valence-corrected chi connectivity index (χ1v) is 6.56. The highest BCUT2D eigenvalue weighted by Gasteiger charge is 2.06. The zero-order valence-electron chi connectivity index (χ0n) is 11.6. The molecule has 2 rings (SSSR count). The number of anilines is 2. The summed E-state index contributed by atoms with van der Waals surface area (Å²) in [7, 11) is 3.12. The van der Waals surface area contributed by atoms with E-state index in [1.807, 2.05) is 0 Å². The van der Waals surface area contributed by atoms with Gasteiger partial charge in [0.05, 0.1) is 19.2 Å². The summed E-state index contributed by atoms with van der Waals surface area (Å²) in [6.07, 6.45) is 0. The molecule has 5 nitrogen and oxygen atoms in total. The minimum atomic E-state index is -0.360. The van der Waals surface area contributed by atoms with Gasteiger partial charge in [-0.05, 0) is 42.5 Å². The van der Waals surface area contributed by atoms with Crippen LogP contribution in [-0.2, 0) is 0 Å². The fourth-order valence-electron chi connectivity index (χ4n) is 1.71. The highest BCUT2D eigenvalue weighted by Crippen LogP contribution is 2.27. The molecule has 0 unspecified atom stereocenters. The van der Waals surface area contributed by atoms with Crippen LogP contribution in [0.1, 0.15) is 0 Å². The van der Waals surface area contributed by atoms with E-state index in [9.17, 15) is 4.79 Å². The van der Waals surface area contributed by atoms with E-state index in [0.717, 1.165) is 5.75 Å². The highest BCUT2D eigenvalue weighted by atomic mass is 35.5. The van der Waals surface area contributed by atoms with Gasteiger partial charge in [0.15, 0.2) is 0 Å². The van der Waals surface area contributed by atoms with Crippen molar-refractivity contribution in [1.82, 2.24) is 0 Å². The van der Waals surface area contributed by atoms with Gasteiger partial charge < -0.3 is 20.1 Å². The third kappa shape index (κ3) is 4.03. The Morgan fingerprint density at radius 3 is 2.14 bits per heavy atom. The van der Waals surface area contributed by atoms with E-state index in [4.69, 9.17) is 21.1 Å². The molecule has 110 valence electrons. The zero-order valence-corrected chi connectivity index (χ0v) is 12.4. The summed E-state index contributed by atoms with van der Waals surface area (Å²) in [5, 5.41) is 5.83. The number of halogens is 1. The van der Waals surface area contributed by atoms with Crippen molar-refractivity contribution >= 4 is 29.0 Å². The number of carbonyl (C=O) groups excluding carboxylic acids is 1. The normalized spacial score (nSPS) is 9.86. The van der Waals surface area contributed by atoms with E-state index in [-0.39, 0.29) is 6.03 Å². The number of amides is 2. The Balaban J connectivity index is 1.99. The Morgan fingerprint density at radius 2 is 1.57 bits per heavy atom. The molecule has 6 heteroatoms. The van der Waals surface area contributed by atoms with Gasteiger partial charge in [0.1, 0.15) is 11.5 Å². The number of hydrogen-bond donors (Lipinski definition) is 2. The molecule has 2 aromatic carbocycles. The molecule has 0 aliphatic heterocycles. The third-order valence-corrected chi connectivity index (χ3v) is 3.05. The standard InChI is InChI=1S/C15H15ClN2O3/c1-20-12-6-3-10(4-7-12)17-15(19)18-11-5-8-14(21-2)13(16)9-11/h3-9H,1-2H3,(H2,17,18,19). The molecule has 2 amide bonds. The van der Waals surface area contributed by atoms with E-state index < -0.39 is 0 Å². The fraction of sp³-hybridized carbons (Fsp3) is 0.133. The quantitative estimate of drug-likeness (QED) is 0.897. The smallest absolute Gasteiger partial charge is 0.323 e. The third-order valence-electron chi connectivity index (χ3n) is 2.76. The SMILES string of the molecule is COc1ccc(NC(=O)Nc2ccc(OC)c(Cl)c2)cc1. The van der Waals surface area contributed by atoms with E-state index in [2.05, 4.69) is 10.6 Å². The number of hydrogen-bond acceptors (Lipinski definition) is 3. The Labute approximate surface area is 127 Å². The maximum atomic E-state index is 11.9. The lowest BCUT2D eigenvalue weighted by Gasteiger charge is -2.09. The fourth-order valence-corrected chi connectivity index (χ4v) is 1.97. The van der Waals surface area contributed by atoms with Crippen molar-refractivity contribution in [2.75, 3.05) is 24.9 Å². The summed E-state index contributed by atoms with van der Waals surface area (Å²) < 4.78 is 10.1. The molecule has 0 saturated heterocycles. The second-order valence-electron chi connectivity index (χ2n) is 4.16. The second-order valence-corrected chi connectivity index (χ2v) is 4.56. The van der Waals surface area contributed by atoms with Crippen LogP contribution in [0, 0.1) is 0 Å². The van der Waals surface area contributed by atoms with E-state index in [1.165, 1.54) is 7.11 Å². The molecule has 0 aliphatic rings. The monoisotopic (exact) mass is 306 g/mol. The number of nitrogens with one attached hydrogen (secondary N) is 2. The molecule has 0 bridgehead atoms. The van der Waals surface area contributed by atoms with Crippen LogP contribution in [0.3, 0.4) is 0 Å². The Kier molecular flexibility index (Phi) is 4.90. The van der Waals surface area contributed by atoms with Gasteiger partial charge in [0.25, 0.3) is 0 Å². The molecule has 21 heavy (non-hydrogen) atoms. The van der Waals surface area contributed by atoms with Gasteiger partial charge in [0, 0.05) is 11.4 Å². The Hall–Kier alpha value is -2.40. The van der Waals surface area contributed by atoms with Crippen LogP contribution >= 0.6 is 11.6 Å². The number of benzene rings is 2. The van der Waals surface area contributed by atoms with Crippen molar-refractivity contribution in [3.63, 3.8) is 0 Å². The maximum Gasteiger partial charge on any atom is 0.323 e. The molecule has 0 aromatic heterocycles. The zero-order chi connectivity index (χ0) is 15.2. The van der Waals surface area contributed by atoms with Crippen molar-refractivity contribution in [3.8, 4) is 11.5 Å². The average Bonchev–Trinajstić information content (AvgIpc) is 2.48. The van der Waals surface area contributed by atoms with Crippen molar-refractivity contribution in [3.05, 3.63) is 47.5 Å². The molecule has 0 fully saturated rings. The Bertz CT molecular complexity index is 629. The van der Waals surface area contributed by atoms with Gasteiger partial charge in [-0.1, -0.05) is 11.6 Å². The van der Waals surface area contributed by atoms with Gasteiger partial charge >= 0.3 is 6.03 Å². The van der Waals surface area contributed by atoms with Crippen LogP contribution in [-0.4, -0.2) is 20.3 Å². The lowest BCUT2D eigenvalue weighted by Crippen LogP contribution is -2.19. The van der Waals surface area contributed by atoms with Crippen molar-refractivity contribution < 1.29 is 14.3 Å². The molecular weight excluding hydrogens is 292 g/mol. The van der Waals surface area contributed by atoms with Gasteiger partial charge in [0.2, 0.25) is 0 Å². The molecule has 0 heterocycles. The largest absolute Gasteiger partial charge is 0.497 e. The lowest BCUT2D eigenvalue weighted by molar-refractivity contribution is 0.262. The van der Waals surface area contributed by atoms with E-state index in [1.54, 1.807) is 49.6 Å². The molecule has 0 radical (unpaired) electrons. The summed E-state index contributed by atoms with van der Waals surface area (Å²) in [6.45, 7) is 0. The summed E-state index contributed by atoms with van der Waals surface area (Å²) >= 11 is 6.00. The predicted molar refractivity (Wildman–Crippen MR) is 83.6 cm³/mol. The predicted octanol–water partition coefficient (Wildman–Crippen LogP) is 4.00. The van der Waals surface area contributed by atoms with Crippen LogP contribution in [0.4, 0.5) is 16.2 Å². The number of rotatable bonds is 4. The molecule has 0 spiro atoms. The summed E-state index contributed by atoms with van der Waals surface area (Å²) in [4.78, 5) is 11.9. The first-order chi connectivity index (χ1) is 10.1. The highest BCUT2D eigenvalue weighted by molar-refractivity contribution is 6.32. The number of methoxy groups -OCH3 is 2. The van der Waals surface area contributed by atoms with E-state index >= 15 is 0 Å². The van der Waals surface area contributed by atoms with Crippen molar-refractivity contribution in [2.45, 2.75) is 0 Å². The topological polar surface area (TPSA) is 59.6 Å². The molecule has 2 aromatic rings. The summed E-state index contributed by atoms with van der Waals surface area (Å²) in [6, 6.07) is 11.7. The van der Waals surface area contributed by atoms with Crippen LogP contribution in [0.2, 0.25) is 5.02 Å². The van der Waals surface area contributed by atoms with Crippen molar-refractivity contribution in [2.24, 2.45) is 0 Å². The first kappa shape index (κ1) is 15.0. The molecule has 2 N–H and O–H groups in total. The minimum Gasteiger partial charge on any atom is -0.497 e. The van der Waals surface area contributed by atoms with Crippen LogP contribution in [0.25, 0.3) is 0 Å². The lowest BCUT2D eigenvalue weighted by atomic mass is 10.3. The molecule has 0 saturated carbocycles. The van der Waals surface area contributed by atoms with Crippen LogP contribution < -0.4 is 20.1 Å². The number of ether oxygens (including phenoxy) is 2. The second kappa shape index (κ2) is 6.85. The molecule has 0 aliphatic carbocycles. The van der Waals surface area contributed by atoms with Crippen LogP contribution in [0.5, 0.6) is 11.5 Å². The Morgan fingerprint density at radius 1 is 0.952 bits per heavy atom. The minimum absolute atomic E-state index is 0.360. The van der Waals surface area contributed by atoms with Gasteiger partial charge in [-0.15, -0.1) is 0 Å².